The van der Waals surface area contributed by atoms with Crippen LogP contribution in [0.2, 0.25) is 0 Å². The predicted molar refractivity (Wildman–Crippen MR) is 63.9 cm³/mol. The maximum Gasteiger partial charge on any atom is 0.307 e. The highest BCUT2D eigenvalue weighted by molar-refractivity contribution is 5.70. The fourth-order valence-electron chi connectivity index (χ4n) is 1.95. The van der Waals surface area contributed by atoms with Gasteiger partial charge in [0.25, 0.3) is 0 Å². The Bertz CT molecular complexity index is 369. The third-order valence-electron chi connectivity index (χ3n) is 2.89. The standard InChI is InChI=1S/C13H17NO3/c15-13(16)9-11-1-3-12(4-2-11)10-14-5-7-17-8-6-14/h1-4H,5-10H2,(H,15,16). The van der Waals surface area contributed by atoms with Crippen LogP contribution in [-0.2, 0) is 22.5 Å². The maximum atomic E-state index is 10.5. The monoisotopic (exact) mass is 235 g/mol. The molecule has 1 N–H and O–H groups in total. The van der Waals surface area contributed by atoms with Crippen molar-refractivity contribution >= 4 is 5.97 Å². The number of nitrogens with zero attached hydrogens (tertiary/aromatic N) is 1. The molecule has 17 heavy (non-hydrogen) atoms. The number of ether oxygens (including phenoxy) is 1. The van der Waals surface area contributed by atoms with Crippen molar-refractivity contribution in [2.45, 2.75) is 13.0 Å². The van der Waals surface area contributed by atoms with E-state index in [9.17, 15) is 4.79 Å². The van der Waals surface area contributed by atoms with E-state index in [0.29, 0.717) is 0 Å². The number of carboxylic acid groups (broad SMARTS) is 1. The Morgan fingerprint density at radius 1 is 1.18 bits per heavy atom. The third-order valence-corrected chi connectivity index (χ3v) is 2.89. The number of hydrogen-bond acceptors (Lipinski definition) is 3. The number of hydrogen-bond donors (Lipinski definition) is 1. The molecule has 0 unspecified atom stereocenters. The molecular weight excluding hydrogens is 218 g/mol. The van der Waals surface area contributed by atoms with Gasteiger partial charge in [-0.15, -0.1) is 0 Å². The minimum absolute atomic E-state index is 0.0951. The Morgan fingerprint density at radius 3 is 2.35 bits per heavy atom. The summed E-state index contributed by atoms with van der Waals surface area (Å²) in [5.41, 5.74) is 2.07. The van der Waals surface area contributed by atoms with Gasteiger partial charge in [-0.3, -0.25) is 9.69 Å². The van der Waals surface area contributed by atoms with E-state index in [2.05, 4.69) is 4.90 Å². The van der Waals surface area contributed by atoms with Crippen molar-refractivity contribution in [1.29, 1.82) is 0 Å². The third kappa shape index (κ3) is 3.84. The van der Waals surface area contributed by atoms with E-state index in [0.717, 1.165) is 38.4 Å². The lowest BCUT2D eigenvalue weighted by atomic mass is 10.1. The van der Waals surface area contributed by atoms with Crippen molar-refractivity contribution < 1.29 is 14.6 Å². The molecular formula is C13H17NO3. The second-order valence-corrected chi connectivity index (χ2v) is 4.28. The van der Waals surface area contributed by atoms with Crippen LogP contribution in [0.5, 0.6) is 0 Å². The lowest BCUT2D eigenvalue weighted by Gasteiger charge is -2.26. The summed E-state index contributed by atoms with van der Waals surface area (Å²) in [6.45, 7) is 4.46. The summed E-state index contributed by atoms with van der Waals surface area (Å²) in [7, 11) is 0. The molecule has 1 aliphatic heterocycles. The van der Waals surface area contributed by atoms with Crippen LogP contribution >= 0.6 is 0 Å². The van der Waals surface area contributed by atoms with Gasteiger partial charge in [0.15, 0.2) is 0 Å². The molecule has 1 saturated heterocycles. The van der Waals surface area contributed by atoms with Crippen molar-refractivity contribution in [1.82, 2.24) is 4.90 Å². The Morgan fingerprint density at radius 2 is 1.76 bits per heavy atom. The molecule has 0 saturated carbocycles. The largest absolute Gasteiger partial charge is 0.481 e. The van der Waals surface area contributed by atoms with Crippen LogP contribution in [0, 0.1) is 0 Å². The van der Waals surface area contributed by atoms with E-state index in [4.69, 9.17) is 9.84 Å². The molecule has 1 aromatic rings. The van der Waals surface area contributed by atoms with E-state index in [1.54, 1.807) is 0 Å². The van der Waals surface area contributed by atoms with Crippen LogP contribution < -0.4 is 0 Å². The highest BCUT2D eigenvalue weighted by Gasteiger charge is 2.10. The van der Waals surface area contributed by atoms with Gasteiger partial charge in [-0.2, -0.15) is 0 Å². The summed E-state index contributed by atoms with van der Waals surface area (Å²) < 4.78 is 5.29. The van der Waals surface area contributed by atoms with Gasteiger partial charge in [0.2, 0.25) is 0 Å². The smallest absolute Gasteiger partial charge is 0.307 e. The lowest BCUT2D eigenvalue weighted by Crippen LogP contribution is -2.35. The van der Waals surface area contributed by atoms with Gasteiger partial charge in [0.1, 0.15) is 0 Å². The number of rotatable bonds is 4. The molecule has 1 fully saturated rings. The van der Waals surface area contributed by atoms with E-state index in [-0.39, 0.29) is 6.42 Å². The Hall–Kier alpha value is -1.39. The van der Waals surface area contributed by atoms with Crippen LogP contribution in [0.4, 0.5) is 0 Å². The predicted octanol–water partition coefficient (Wildman–Crippen LogP) is 1.15. The van der Waals surface area contributed by atoms with Gasteiger partial charge in [0.05, 0.1) is 19.6 Å². The zero-order valence-electron chi connectivity index (χ0n) is 9.76. The molecule has 0 bridgehead atoms. The van der Waals surface area contributed by atoms with Crippen molar-refractivity contribution in [3.63, 3.8) is 0 Å². The average Bonchev–Trinajstić information content (AvgIpc) is 2.32. The first-order valence-corrected chi connectivity index (χ1v) is 5.84. The van der Waals surface area contributed by atoms with Gasteiger partial charge in [-0.25, -0.2) is 0 Å². The quantitative estimate of drug-likeness (QED) is 0.850. The topological polar surface area (TPSA) is 49.8 Å². The van der Waals surface area contributed by atoms with Crippen LogP contribution in [-0.4, -0.2) is 42.3 Å². The SMILES string of the molecule is O=C(O)Cc1ccc(CN2CCOCC2)cc1. The number of benzene rings is 1. The second-order valence-electron chi connectivity index (χ2n) is 4.28. The Balaban J connectivity index is 1.90. The van der Waals surface area contributed by atoms with Crippen molar-refractivity contribution in [3.8, 4) is 0 Å². The first-order chi connectivity index (χ1) is 8.24. The maximum absolute atomic E-state index is 10.5. The average molecular weight is 235 g/mol. The van der Waals surface area contributed by atoms with Gasteiger partial charge < -0.3 is 9.84 Å². The molecule has 0 amide bonds. The molecule has 0 radical (unpaired) electrons. The van der Waals surface area contributed by atoms with Crippen molar-refractivity contribution in [3.05, 3.63) is 35.4 Å². The summed E-state index contributed by atoms with van der Waals surface area (Å²) in [5, 5.41) is 8.68. The van der Waals surface area contributed by atoms with Gasteiger partial charge in [-0.05, 0) is 11.1 Å². The lowest BCUT2D eigenvalue weighted by molar-refractivity contribution is -0.136. The number of morpholine rings is 1. The molecule has 1 heterocycles. The molecule has 0 aliphatic carbocycles. The molecule has 1 aliphatic rings. The number of aliphatic carboxylic acids is 1. The summed E-state index contributed by atoms with van der Waals surface area (Å²) in [6.07, 6.45) is 0.0951. The molecule has 1 aromatic carbocycles. The van der Waals surface area contributed by atoms with Crippen molar-refractivity contribution in [2.75, 3.05) is 26.3 Å². The van der Waals surface area contributed by atoms with Crippen LogP contribution in [0.3, 0.4) is 0 Å². The number of carboxylic acids is 1. The van der Waals surface area contributed by atoms with Crippen LogP contribution in [0.1, 0.15) is 11.1 Å². The first kappa shape index (κ1) is 12.1. The second kappa shape index (κ2) is 5.80. The Labute approximate surface area is 101 Å². The fraction of sp³-hybridized carbons (Fsp3) is 0.462. The molecule has 4 nitrogen and oxygen atoms in total. The van der Waals surface area contributed by atoms with Crippen molar-refractivity contribution in [2.24, 2.45) is 0 Å². The normalized spacial score (nSPS) is 16.9. The summed E-state index contributed by atoms with van der Waals surface area (Å²) in [6, 6.07) is 7.80. The number of carbonyl (C=O) groups is 1. The minimum Gasteiger partial charge on any atom is -0.481 e. The van der Waals surface area contributed by atoms with E-state index in [1.165, 1.54) is 5.56 Å². The fourth-order valence-corrected chi connectivity index (χ4v) is 1.95. The van der Waals surface area contributed by atoms with E-state index >= 15 is 0 Å². The Kier molecular flexibility index (Phi) is 4.12. The van der Waals surface area contributed by atoms with Crippen LogP contribution in [0.15, 0.2) is 24.3 Å². The molecule has 4 heteroatoms. The first-order valence-electron chi connectivity index (χ1n) is 5.84. The highest BCUT2D eigenvalue weighted by Crippen LogP contribution is 2.09. The van der Waals surface area contributed by atoms with Gasteiger partial charge in [0, 0.05) is 19.6 Å². The highest BCUT2D eigenvalue weighted by atomic mass is 16.5. The molecule has 2 rings (SSSR count). The summed E-state index contributed by atoms with van der Waals surface area (Å²) in [4.78, 5) is 12.9. The minimum atomic E-state index is -0.786. The van der Waals surface area contributed by atoms with Crippen LogP contribution in [0.25, 0.3) is 0 Å². The van der Waals surface area contributed by atoms with Gasteiger partial charge in [-0.1, -0.05) is 24.3 Å². The van der Waals surface area contributed by atoms with Gasteiger partial charge >= 0.3 is 5.97 Å². The molecule has 0 spiro atoms. The summed E-state index contributed by atoms with van der Waals surface area (Å²) >= 11 is 0. The van der Waals surface area contributed by atoms with E-state index in [1.807, 2.05) is 24.3 Å². The van der Waals surface area contributed by atoms with E-state index < -0.39 is 5.97 Å². The molecule has 0 aromatic heterocycles. The zero-order chi connectivity index (χ0) is 12.1. The zero-order valence-corrected chi connectivity index (χ0v) is 9.76. The summed E-state index contributed by atoms with van der Waals surface area (Å²) in [5.74, 6) is -0.786. The molecule has 0 atom stereocenters. The molecule has 92 valence electrons.